The molecule has 0 saturated carbocycles. The number of methoxy groups -OCH3 is 1. The molecule has 3 nitrogen and oxygen atoms in total. The number of piperazine rings is 1. The van der Waals surface area contributed by atoms with Crippen molar-refractivity contribution in [1.29, 1.82) is 0 Å². The molecular weight excluding hydrogens is 384 g/mol. The fraction of sp³-hybridized carbons (Fsp3) is 0.316. The van der Waals surface area contributed by atoms with Crippen LogP contribution in [-0.4, -0.2) is 48.1 Å². The van der Waals surface area contributed by atoms with Crippen molar-refractivity contribution in [3.8, 4) is 5.75 Å². The molecule has 0 aromatic heterocycles. The molecule has 0 aliphatic carbocycles. The highest BCUT2D eigenvalue weighted by molar-refractivity contribution is 9.10. The van der Waals surface area contributed by atoms with Gasteiger partial charge in [-0.2, -0.15) is 0 Å². The Morgan fingerprint density at radius 3 is 2.42 bits per heavy atom. The quantitative estimate of drug-likeness (QED) is 0.716. The fourth-order valence-corrected chi connectivity index (χ4v) is 3.78. The number of hydrogen-bond acceptors (Lipinski definition) is 3. The minimum absolute atomic E-state index is 0.828. The molecule has 0 spiro atoms. The molecule has 0 radical (unpaired) electrons. The number of ether oxygens (including phenoxy) is 1. The van der Waals surface area contributed by atoms with Crippen LogP contribution in [0.3, 0.4) is 0 Å². The van der Waals surface area contributed by atoms with E-state index in [2.05, 4.69) is 56.1 Å². The predicted octanol–water partition coefficient (Wildman–Crippen LogP) is 3.95. The van der Waals surface area contributed by atoms with Crippen molar-refractivity contribution in [2.45, 2.75) is 6.54 Å². The normalized spacial score (nSPS) is 15.3. The minimum Gasteiger partial charge on any atom is -0.496 e. The van der Waals surface area contributed by atoms with Crippen LogP contribution in [0.4, 0.5) is 0 Å². The van der Waals surface area contributed by atoms with E-state index >= 15 is 0 Å². The summed E-state index contributed by atoms with van der Waals surface area (Å²) in [5.41, 5.74) is 2.43. The Morgan fingerprint density at radius 1 is 1.08 bits per heavy atom. The second kappa shape index (κ2) is 8.10. The summed E-state index contributed by atoms with van der Waals surface area (Å²) in [6.45, 7) is 5.01. The van der Waals surface area contributed by atoms with Gasteiger partial charge in [-0.1, -0.05) is 42.5 Å². The molecule has 126 valence electrons. The maximum absolute atomic E-state index is 5.69. The van der Waals surface area contributed by atoms with Crippen LogP contribution in [0.15, 0.2) is 53.0 Å². The van der Waals surface area contributed by atoms with Gasteiger partial charge in [0.05, 0.1) is 11.6 Å². The minimum atomic E-state index is 0.828. The molecular formula is C19H21BrN2OS. The molecule has 1 heterocycles. The van der Waals surface area contributed by atoms with E-state index in [0.717, 1.165) is 53.5 Å². The number of benzene rings is 2. The van der Waals surface area contributed by atoms with E-state index in [9.17, 15) is 0 Å². The lowest BCUT2D eigenvalue weighted by Gasteiger charge is -2.36. The Kier molecular flexibility index (Phi) is 5.87. The third-order valence-electron chi connectivity index (χ3n) is 4.31. The molecule has 5 heteroatoms. The lowest BCUT2D eigenvalue weighted by molar-refractivity contribution is 0.177. The summed E-state index contributed by atoms with van der Waals surface area (Å²) in [5, 5.41) is 0. The summed E-state index contributed by atoms with van der Waals surface area (Å²) in [4.78, 5) is 5.70. The fourth-order valence-electron chi connectivity index (χ4n) is 2.93. The largest absolute Gasteiger partial charge is 0.496 e. The van der Waals surface area contributed by atoms with Crippen LogP contribution in [0.25, 0.3) is 0 Å². The van der Waals surface area contributed by atoms with Crippen LogP contribution in [0.2, 0.25) is 0 Å². The molecule has 24 heavy (non-hydrogen) atoms. The zero-order chi connectivity index (χ0) is 16.9. The molecule has 2 aromatic carbocycles. The first-order chi connectivity index (χ1) is 11.7. The standard InChI is InChI=1S/C19H21BrN2OS/c1-23-18-8-7-16(13-17(18)20)19(24)22-11-9-21(10-12-22)14-15-5-3-2-4-6-15/h2-8,13H,9-12,14H2,1H3. The Bertz CT molecular complexity index is 700. The zero-order valence-corrected chi connectivity index (χ0v) is 16.1. The summed E-state index contributed by atoms with van der Waals surface area (Å²) in [7, 11) is 1.67. The highest BCUT2D eigenvalue weighted by atomic mass is 79.9. The van der Waals surface area contributed by atoms with E-state index in [4.69, 9.17) is 17.0 Å². The highest BCUT2D eigenvalue weighted by Crippen LogP contribution is 2.26. The summed E-state index contributed by atoms with van der Waals surface area (Å²) in [6, 6.07) is 16.7. The Hall–Kier alpha value is -1.43. The molecule has 0 amide bonds. The number of rotatable bonds is 4. The summed E-state index contributed by atoms with van der Waals surface area (Å²) in [6.07, 6.45) is 0. The van der Waals surface area contributed by atoms with Gasteiger partial charge in [0.15, 0.2) is 0 Å². The molecule has 2 aromatic rings. The first kappa shape index (κ1) is 17.4. The third-order valence-corrected chi connectivity index (χ3v) is 5.42. The third kappa shape index (κ3) is 4.15. The molecule has 0 unspecified atom stereocenters. The van der Waals surface area contributed by atoms with Gasteiger partial charge in [0.1, 0.15) is 10.7 Å². The van der Waals surface area contributed by atoms with Crippen LogP contribution in [-0.2, 0) is 6.54 Å². The monoisotopic (exact) mass is 404 g/mol. The topological polar surface area (TPSA) is 15.7 Å². The van der Waals surface area contributed by atoms with Crippen molar-refractivity contribution in [1.82, 2.24) is 9.80 Å². The average molecular weight is 405 g/mol. The second-order valence-corrected chi connectivity index (χ2v) is 7.14. The van der Waals surface area contributed by atoms with Crippen molar-refractivity contribution >= 4 is 33.1 Å². The molecule has 1 aliphatic heterocycles. The van der Waals surface area contributed by atoms with Crippen molar-refractivity contribution in [3.05, 3.63) is 64.1 Å². The maximum Gasteiger partial charge on any atom is 0.133 e. The van der Waals surface area contributed by atoms with Crippen LogP contribution in [0, 0.1) is 0 Å². The van der Waals surface area contributed by atoms with E-state index in [-0.39, 0.29) is 0 Å². The van der Waals surface area contributed by atoms with Gasteiger partial charge in [-0.15, -0.1) is 0 Å². The predicted molar refractivity (Wildman–Crippen MR) is 106 cm³/mol. The first-order valence-electron chi connectivity index (χ1n) is 8.06. The van der Waals surface area contributed by atoms with Crippen molar-refractivity contribution in [2.24, 2.45) is 0 Å². The maximum atomic E-state index is 5.69. The number of nitrogens with zero attached hydrogens (tertiary/aromatic N) is 2. The molecule has 1 aliphatic rings. The molecule has 0 atom stereocenters. The van der Waals surface area contributed by atoms with Crippen molar-refractivity contribution < 1.29 is 4.74 Å². The van der Waals surface area contributed by atoms with Crippen LogP contribution in [0.1, 0.15) is 11.1 Å². The SMILES string of the molecule is COc1ccc(C(=S)N2CCN(Cc3ccccc3)CC2)cc1Br. The first-order valence-corrected chi connectivity index (χ1v) is 9.26. The van der Waals surface area contributed by atoms with Gasteiger partial charge in [-0.25, -0.2) is 0 Å². The van der Waals surface area contributed by atoms with Crippen LogP contribution >= 0.6 is 28.1 Å². The number of hydrogen-bond donors (Lipinski definition) is 0. The lowest BCUT2D eigenvalue weighted by atomic mass is 10.1. The molecule has 1 saturated heterocycles. The van der Waals surface area contributed by atoms with E-state index in [1.54, 1.807) is 7.11 Å². The summed E-state index contributed by atoms with van der Waals surface area (Å²) >= 11 is 9.23. The molecule has 0 N–H and O–H groups in total. The van der Waals surface area contributed by atoms with Gasteiger partial charge in [0, 0.05) is 38.3 Å². The summed E-state index contributed by atoms with van der Waals surface area (Å²) in [5.74, 6) is 0.828. The highest BCUT2D eigenvalue weighted by Gasteiger charge is 2.20. The Balaban J connectivity index is 1.58. The Labute approximate surface area is 157 Å². The van der Waals surface area contributed by atoms with Crippen LogP contribution in [0.5, 0.6) is 5.75 Å². The summed E-state index contributed by atoms with van der Waals surface area (Å²) < 4.78 is 6.22. The van der Waals surface area contributed by atoms with Gasteiger partial charge in [-0.05, 0) is 39.7 Å². The van der Waals surface area contributed by atoms with E-state index in [1.165, 1.54) is 5.56 Å². The molecule has 3 rings (SSSR count). The molecule has 0 bridgehead atoms. The second-order valence-electron chi connectivity index (χ2n) is 5.90. The van der Waals surface area contributed by atoms with E-state index < -0.39 is 0 Å². The number of halogens is 1. The van der Waals surface area contributed by atoms with E-state index in [0.29, 0.717) is 0 Å². The van der Waals surface area contributed by atoms with Crippen LogP contribution < -0.4 is 4.74 Å². The Morgan fingerprint density at radius 2 is 1.79 bits per heavy atom. The van der Waals surface area contributed by atoms with Gasteiger partial charge in [-0.3, -0.25) is 4.90 Å². The van der Waals surface area contributed by atoms with Crippen molar-refractivity contribution in [3.63, 3.8) is 0 Å². The van der Waals surface area contributed by atoms with Gasteiger partial charge < -0.3 is 9.64 Å². The van der Waals surface area contributed by atoms with Crippen molar-refractivity contribution in [2.75, 3.05) is 33.3 Å². The lowest BCUT2D eigenvalue weighted by Crippen LogP contribution is -2.48. The van der Waals surface area contributed by atoms with E-state index in [1.807, 2.05) is 18.2 Å². The molecule has 1 fully saturated rings. The zero-order valence-electron chi connectivity index (χ0n) is 13.7. The van der Waals surface area contributed by atoms with Gasteiger partial charge in [0.2, 0.25) is 0 Å². The number of thiocarbonyl (C=S) groups is 1. The van der Waals surface area contributed by atoms with Gasteiger partial charge >= 0.3 is 0 Å². The van der Waals surface area contributed by atoms with Gasteiger partial charge in [0.25, 0.3) is 0 Å². The smallest absolute Gasteiger partial charge is 0.133 e. The average Bonchev–Trinajstić information content (AvgIpc) is 2.62.